The van der Waals surface area contributed by atoms with Gasteiger partial charge in [-0.2, -0.15) is 0 Å². The van der Waals surface area contributed by atoms with Crippen LogP contribution in [0.3, 0.4) is 0 Å². The summed E-state index contributed by atoms with van der Waals surface area (Å²) in [5.41, 5.74) is 14.4. The van der Waals surface area contributed by atoms with Crippen molar-refractivity contribution in [3.8, 4) is 55.6 Å². The van der Waals surface area contributed by atoms with Crippen molar-refractivity contribution in [3.63, 3.8) is 0 Å². The highest BCUT2D eigenvalue weighted by molar-refractivity contribution is 6.51. The van der Waals surface area contributed by atoms with Crippen molar-refractivity contribution >= 4 is 108 Å². The molecule has 1 aliphatic carbocycles. The maximum Gasteiger partial charge on any atom is -0.000696 e. The minimum Gasteiger partial charge on any atom is -0.0622 e. The Hall–Kier alpha value is -8.32. The van der Waals surface area contributed by atoms with Gasteiger partial charge in [0.2, 0.25) is 0 Å². The van der Waals surface area contributed by atoms with E-state index in [9.17, 15) is 0 Å². The first-order chi connectivity index (χ1) is 33.4. The fraction of sp³-hybridized carbons (Fsp3) is 0.0588. The van der Waals surface area contributed by atoms with Crippen molar-refractivity contribution in [2.24, 2.45) is 0 Å². The van der Waals surface area contributed by atoms with Crippen LogP contribution in [0.1, 0.15) is 26.3 Å². The van der Waals surface area contributed by atoms with E-state index in [-0.39, 0.29) is 5.41 Å². The Morgan fingerprint density at radius 1 is 0.221 bits per heavy atom. The minimum atomic E-state index is -0.00338. The Balaban J connectivity index is 1.08. The Morgan fingerprint density at radius 3 is 1.21 bits per heavy atom. The third-order valence-corrected chi connectivity index (χ3v) is 16.2. The molecule has 15 aromatic carbocycles. The highest BCUT2D eigenvalue weighted by atomic mass is 14.4. The van der Waals surface area contributed by atoms with E-state index in [2.05, 4.69) is 221 Å². The van der Waals surface area contributed by atoms with Crippen LogP contribution in [0, 0.1) is 0 Å². The molecule has 0 atom stereocenters. The van der Waals surface area contributed by atoms with Crippen LogP contribution in [0.2, 0.25) is 0 Å². The van der Waals surface area contributed by atoms with Gasteiger partial charge < -0.3 is 0 Å². The summed E-state index contributed by atoms with van der Waals surface area (Å²) in [5.74, 6) is 0. The number of hydrogen-bond acceptors (Lipinski definition) is 0. The van der Waals surface area contributed by atoms with Gasteiger partial charge in [-0.3, -0.25) is 0 Å². The molecule has 0 radical (unpaired) electrons. The molecule has 0 fully saturated rings. The summed E-state index contributed by atoms with van der Waals surface area (Å²) in [6.45, 7) is 6.99. The highest BCUT2D eigenvalue weighted by Crippen LogP contribution is 2.61. The van der Waals surface area contributed by atoms with E-state index in [1.54, 1.807) is 0 Å². The Labute approximate surface area is 393 Å². The van der Waals surface area contributed by atoms with Gasteiger partial charge in [-0.05, 0) is 180 Å². The normalized spacial score (nSPS) is 12.9. The molecule has 0 aliphatic heterocycles. The third-order valence-electron chi connectivity index (χ3n) is 16.2. The molecule has 0 spiro atoms. The first-order valence-corrected chi connectivity index (χ1v) is 24.2. The SMILES string of the molecule is CC(C)(C)c1ccc2c(-c3ccccc3)c3c(c(-c4ccccc4)c2c1)-c1ccc2c4ccc5c6c(-c7ccccc7)c7cccc8c9ccccc9c(c78)c6c6ccc(c7ccc-3c1c27)c4c56. The fourth-order valence-corrected chi connectivity index (χ4v) is 13.4. The summed E-state index contributed by atoms with van der Waals surface area (Å²) in [6.07, 6.45) is 0. The highest BCUT2D eigenvalue weighted by Gasteiger charge is 2.34. The quantitative estimate of drug-likeness (QED) is 0.123. The van der Waals surface area contributed by atoms with Gasteiger partial charge in [0.25, 0.3) is 0 Å². The first-order valence-electron chi connectivity index (χ1n) is 24.2. The maximum absolute atomic E-state index is 2.50. The predicted molar refractivity (Wildman–Crippen MR) is 294 cm³/mol. The largest absolute Gasteiger partial charge is 0.0622 e. The molecule has 0 saturated heterocycles. The van der Waals surface area contributed by atoms with Crippen LogP contribution in [0.4, 0.5) is 0 Å². The van der Waals surface area contributed by atoms with Crippen LogP contribution in [0.5, 0.6) is 0 Å². The van der Waals surface area contributed by atoms with Crippen LogP contribution < -0.4 is 0 Å². The van der Waals surface area contributed by atoms with E-state index in [0.29, 0.717) is 0 Å². The second-order valence-electron chi connectivity index (χ2n) is 20.5. The lowest BCUT2D eigenvalue weighted by atomic mass is 9.79. The van der Waals surface area contributed by atoms with Crippen molar-refractivity contribution in [1.82, 2.24) is 0 Å². The molecule has 0 heteroatoms. The average Bonchev–Trinajstić information content (AvgIpc) is 4.02. The summed E-state index contributed by atoms with van der Waals surface area (Å²) in [4.78, 5) is 0. The summed E-state index contributed by atoms with van der Waals surface area (Å²) < 4.78 is 0. The predicted octanol–water partition coefficient (Wildman–Crippen LogP) is 19.5. The molecule has 0 bridgehead atoms. The summed E-state index contributed by atoms with van der Waals surface area (Å²) in [7, 11) is 0. The summed E-state index contributed by atoms with van der Waals surface area (Å²) in [6, 6.07) is 76.5. The summed E-state index contributed by atoms with van der Waals surface area (Å²) in [5, 5.41) is 27.0. The maximum atomic E-state index is 2.50. The van der Waals surface area contributed by atoms with Gasteiger partial charge in [-0.25, -0.2) is 0 Å². The van der Waals surface area contributed by atoms with Crippen molar-refractivity contribution in [2.45, 2.75) is 26.2 Å². The lowest BCUT2D eigenvalue weighted by Crippen LogP contribution is -2.10. The molecule has 0 amide bonds. The van der Waals surface area contributed by atoms with Crippen LogP contribution >= 0.6 is 0 Å². The van der Waals surface area contributed by atoms with Gasteiger partial charge >= 0.3 is 0 Å². The zero-order valence-corrected chi connectivity index (χ0v) is 38.1. The zero-order valence-electron chi connectivity index (χ0n) is 38.1. The lowest BCUT2D eigenvalue weighted by Gasteiger charge is -2.24. The molecule has 15 aromatic rings. The van der Waals surface area contributed by atoms with Crippen molar-refractivity contribution < 1.29 is 0 Å². The van der Waals surface area contributed by atoms with Gasteiger partial charge in [0.05, 0.1) is 0 Å². The molecule has 0 N–H and O–H groups in total. The van der Waals surface area contributed by atoms with Crippen LogP contribution in [0.25, 0.3) is 163 Å². The van der Waals surface area contributed by atoms with Crippen molar-refractivity contribution in [2.75, 3.05) is 0 Å². The molecule has 0 nitrogen and oxygen atoms in total. The van der Waals surface area contributed by atoms with Crippen molar-refractivity contribution in [3.05, 3.63) is 206 Å². The molecule has 16 rings (SSSR count). The van der Waals surface area contributed by atoms with Crippen LogP contribution in [-0.2, 0) is 5.41 Å². The summed E-state index contributed by atoms with van der Waals surface area (Å²) >= 11 is 0. The zero-order chi connectivity index (χ0) is 44.7. The van der Waals surface area contributed by atoms with Gasteiger partial charge in [0.1, 0.15) is 0 Å². The molecule has 314 valence electrons. The molecular formula is C68H42. The topological polar surface area (TPSA) is 0 Å². The number of hydrogen-bond donors (Lipinski definition) is 0. The van der Waals surface area contributed by atoms with Gasteiger partial charge in [-0.15, -0.1) is 0 Å². The van der Waals surface area contributed by atoms with Gasteiger partial charge in [0.15, 0.2) is 0 Å². The van der Waals surface area contributed by atoms with E-state index in [1.165, 1.54) is 169 Å². The van der Waals surface area contributed by atoms with Crippen LogP contribution in [0.15, 0.2) is 200 Å². The molecule has 0 saturated carbocycles. The fourth-order valence-electron chi connectivity index (χ4n) is 13.4. The smallest absolute Gasteiger partial charge is 0.000696 e. The van der Waals surface area contributed by atoms with E-state index in [1.807, 2.05) is 0 Å². The number of fused-ring (bicyclic) bond motifs is 13. The number of rotatable bonds is 3. The Kier molecular flexibility index (Phi) is 6.92. The Bertz CT molecular complexity index is 4630. The Morgan fingerprint density at radius 2 is 0.603 bits per heavy atom. The molecule has 0 unspecified atom stereocenters. The molecular weight excluding hydrogens is 817 g/mol. The third kappa shape index (κ3) is 4.47. The second-order valence-corrected chi connectivity index (χ2v) is 20.5. The van der Waals surface area contributed by atoms with Crippen molar-refractivity contribution in [1.29, 1.82) is 0 Å². The second kappa shape index (κ2) is 12.8. The number of benzene rings is 13. The minimum absolute atomic E-state index is 0.00338. The van der Waals surface area contributed by atoms with E-state index in [0.717, 1.165) is 0 Å². The standard InChI is InChI=1S/C68H42/c1-68(2,3)40-26-27-48-54(36-40)57(39-20-11-6-12-21-39)66-52-34-30-45-46-29-33-51-62-53(35-31-47(59(46)62)44-28-32-50(61(52)58(44)45)64(66)55(48)37-16-7-4-8-17-37)67-63-43-23-14-13-22-41(43)42-24-15-25-49(60(42)63)56(65(51)67)38-18-9-5-10-19-38/h4-36H,1-3H3. The van der Waals surface area contributed by atoms with Crippen LogP contribution in [-0.4, -0.2) is 0 Å². The van der Waals surface area contributed by atoms with E-state index < -0.39 is 0 Å². The molecule has 0 aromatic heterocycles. The average molecular weight is 859 g/mol. The van der Waals surface area contributed by atoms with Gasteiger partial charge in [-0.1, -0.05) is 215 Å². The molecule has 0 heterocycles. The van der Waals surface area contributed by atoms with E-state index >= 15 is 0 Å². The molecule has 1 aliphatic rings. The van der Waals surface area contributed by atoms with Gasteiger partial charge in [0, 0.05) is 0 Å². The van der Waals surface area contributed by atoms with E-state index in [4.69, 9.17) is 0 Å². The first kappa shape index (κ1) is 36.8. The molecule has 68 heavy (non-hydrogen) atoms. The lowest BCUT2D eigenvalue weighted by molar-refractivity contribution is 0.591. The monoisotopic (exact) mass is 858 g/mol.